The van der Waals surface area contributed by atoms with Crippen molar-refractivity contribution in [1.82, 2.24) is 0 Å². The second kappa shape index (κ2) is 4.23. The largest absolute Gasteiger partial charge is 0.362 e. The van der Waals surface area contributed by atoms with E-state index in [4.69, 9.17) is 0 Å². The fraction of sp³-hybridized carbons (Fsp3) is 0.462. The number of anilines is 2. The summed E-state index contributed by atoms with van der Waals surface area (Å²) in [6.45, 7) is 6.06. The summed E-state index contributed by atoms with van der Waals surface area (Å²) in [6.07, 6.45) is 0.257. The van der Waals surface area contributed by atoms with Crippen molar-refractivity contribution >= 4 is 17.3 Å². The van der Waals surface area contributed by atoms with Gasteiger partial charge in [0.05, 0.1) is 5.69 Å². The van der Waals surface area contributed by atoms with Crippen LogP contribution in [0.2, 0.25) is 0 Å². The van der Waals surface area contributed by atoms with Crippen LogP contribution in [-0.4, -0.2) is 18.0 Å². The highest BCUT2D eigenvalue weighted by Crippen LogP contribution is 2.36. The van der Waals surface area contributed by atoms with Crippen LogP contribution < -0.4 is 10.2 Å². The SMILES string of the molecule is CC(C)(C)N1CCC(=O)Nc2ccc(F)c(F)c21. The highest BCUT2D eigenvalue weighted by atomic mass is 19.2. The standard InChI is InChI=1S/C13H16F2N2O/c1-13(2,3)17-7-6-10(18)16-9-5-4-8(14)11(15)12(9)17/h4-5H,6-7H2,1-3H3,(H,16,18). The second-order valence-corrected chi connectivity index (χ2v) is 5.38. The summed E-state index contributed by atoms with van der Waals surface area (Å²) in [6, 6.07) is 2.43. The van der Waals surface area contributed by atoms with E-state index >= 15 is 0 Å². The molecular weight excluding hydrogens is 238 g/mol. The van der Waals surface area contributed by atoms with Gasteiger partial charge in [0.1, 0.15) is 5.69 Å². The highest BCUT2D eigenvalue weighted by Gasteiger charge is 2.31. The van der Waals surface area contributed by atoms with Crippen molar-refractivity contribution < 1.29 is 13.6 Å². The first-order valence-electron chi connectivity index (χ1n) is 5.86. The van der Waals surface area contributed by atoms with Gasteiger partial charge in [0.15, 0.2) is 11.6 Å². The molecule has 1 aliphatic rings. The second-order valence-electron chi connectivity index (χ2n) is 5.38. The highest BCUT2D eigenvalue weighted by molar-refractivity contribution is 5.96. The number of carbonyl (C=O) groups excluding carboxylic acids is 1. The van der Waals surface area contributed by atoms with Crippen LogP contribution in [-0.2, 0) is 4.79 Å². The normalized spacial score (nSPS) is 16.1. The lowest BCUT2D eigenvalue weighted by Gasteiger charge is -2.37. The number of amides is 1. The maximum Gasteiger partial charge on any atom is 0.226 e. The zero-order valence-corrected chi connectivity index (χ0v) is 10.7. The summed E-state index contributed by atoms with van der Waals surface area (Å²) < 4.78 is 27.4. The van der Waals surface area contributed by atoms with Crippen LogP contribution in [0.4, 0.5) is 20.2 Å². The molecule has 0 atom stereocenters. The van der Waals surface area contributed by atoms with Crippen molar-refractivity contribution in [1.29, 1.82) is 0 Å². The molecule has 0 saturated carbocycles. The molecule has 1 aliphatic heterocycles. The van der Waals surface area contributed by atoms with E-state index in [1.54, 1.807) is 4.90 Å². The minimum absolute atomic E-state index is 0.133. The number of fused-ring (bicyclic) bond motifs is 1. The smallest absolute Gasteiger partial charge is 0.226 e. The van der Waals surface area contributed by atoms with Gasteiger partial charge in [0, 0.05) is 18.5 Å². The monoisotopic (exact) mass is 254 g/mol. The van der Waals surface area contributed by atoms with Crippen LogP contribution in [0.3, 0.4) is 0 Å². The lowest BCUT2D eigenvalue weighted by atomic mass is 10.0. The quantitative estimate of drug-likeness (QED) is 0.772. The molecule has 0 aromatic heterocycles. The van der Waals surface area contributed by atoms with Crippen LogP contribution in [0, 0.1) is 11.6 Å². The fourth-order valence-corrected chi connectivity index (χ4v) is 2.11. The van der Waals surface area contributed by atoms with Crippen molar-refractivity contribution in [3.63, 3.8) is 0 Å². The van der Waals surface area contributed by atoms with E-state index in [-0.39, 0.29) is 18.0 Å². The molecule has 1 N–H and O–H groups in total. The van der Waals surface area contributed by atoms with Gasteiger partial charge in [0.25, 0.3) is 0 Å². The van der Waals surface area contributed by atoms with Gasteiger partial charge < -0.3 is 10.2 Å². The molecule has 0 bridgehead atoms. The van der Waals surface area contributed by atoms with Gasteiger partial charge in [-0.2, -0.15) is 0 Å². The molecule has 1 aromatic carbocycles. The van der Waals surface area contributed by atoms with Gasteiger partial charge in [-0.05, 0) is 32.9 Å². The molecule has 98 valence electrons. The average molecular weight is 254 g/mol. The van der Waals surface area contributed by atoms with E-state index in [1.165, 1.54) is 6.07 Å². The minimum Gasteiger partial charge on any atom is -0.362 e. The molecule has 18 heavy (non-hydrogen) atoms. The van der Waals surface area contributed by atoms with Crippen LogP contribution in [0.5, 0.6) is 0 Å². The first kappa shape index (κ1) is 12.8. The summed E-state index contributed by atoms with van der Waals surface area (Å²) in [5.74, 6) is -2.00. The van der Waals surface area contributed by atoms with E-state index in [1.807, 2.05) is 20.8 Å². The minimum atomic E-state index is -0.912. The topological polar surface area (TPSA) is 32.3 Å². The Hall–Kier alpha value is -1.65. The van der Waals surface area contributed by atoms with Crippen LogP contribution in [0.15, 0.2) is 12.1 Å². The Morgan fingerprint density at radius 3 is 2.56 bits per heavy atom. The zero-order chi connectivity index (χ0) is 13.5. The zero-order valence-electron chi connectivity index (χ0n) is 10.7. The molecule has 5 heteroatoms. The maximum absolute atomic E-state index is 14.0. The van der Waals surface area contributed by atoms with Gasteiger partial charge in [-0.1, -0.05) is 0 Å². The van der Waals surface area contributed by atoms with Crippen LogP contribution >= 0.6 is 0 Å². The van der Waals surface area contributed by atoms with Gasteiger partial charge in [0.2, 0.25) is 5.91 Å². The summed E-state index contributed by atoms with van der Waals surface area (Å²) in [7, 11) is 0. The van der Waals surface area contributed by atoms with E-state index in [0.29, 0.717) is 12.2 Å². The Morgan fingerprint density at radius 1 is 1.28 bits per heavy atom. The number of nitrogens with zero attached hydrogens (tertiary/aromatic N) is 1. The summed E-state index contributed by atoms with van der Waals surface area (Å²) in [5, 5.41) is 2.61. The van der Waals surface area contributed by atoms with Gasteiger partial charge >= 0.3 is 0 Å². The summed E-state index contributed by atoms with van der Waals surface area (Å²) in [5.41, 5.74) is 0.0649. The van der Waals surface area contributed by atoms with Gasteiger partial charge in [-0.15, -0.1) is 0 Å². The van der Waals surface area contributed by atoms with Gasteiger partial charge in [-0.25, -0.2) is 8.78 Å². The summed E-state index contributed by atoms with van der Waals surface area (Å²) >= 11 is 0. The number of nitrogens with one attached hydrogen (secondary N) is 1. The van der Waals surface area contributed by atoms with Crippen molar-refractivity contribution in [2.45, 2.75) is 32.7 Å². The predicted octanol–water partition coefficient (Wildman–Crippen LogP) is 2.91. The van der Waals surface area contributed by atoms with Crippen LogP contribution in [0.25, 0.3) is 0 Å². The molecular formula is C13H16F2N2O. The van der Waals surface area contributed by atoms with Crippen LogP contribution in [0.1, 0.15) is 27.2 Å². The predicted molar refractivity (Wildman–Crippen MR) is 66.7 cm³/mol. The molecule has 1 amide bonds. The molecule has 2 rings (SSSR count). The Bertz CT molecular complexity index is 494. The molecule has 0 unspecified atom stereocenters. The lowest BCUT2D eigenvalue weighted by Crippen LogP contribution is -2.42. The fourth-order valence-electron chi connectivity index (χ4n) is 2.11. The Morgan fingerprint density at radius 2 is 1.94 bits per heavy atom. The molecule has 0 spiro atoms. The number of carbonyl (C=O) groups is 1. The molecule has 1 heterocycles. The van der Waals surface area contributed by atoms with Crippen molar-refractivity contribution in [2.24, 2.45) is 0 Å². The van der Waals surface area contributed by atoms with E-state index in [2.05, 4.69) is 5.32 Å². The number of halogens is 2. The van der Waals surface area contributed by atoms with E-state index < -0.39 is 17.2 Å². The Kier molecular flexibility index (Phi) is 3.00. The maximum atomic E-state index is 14.0. The summed E-state index contributed by atoms with van der Waals surface area (Å²) in [4.78, 5) is 13.3. The molecule has 0 aliphatic carbocycles. The molecule has 0 saturated heterocycles. The Balaban J connectivity index is 2.62. The van der Waals surface area contributed by atoms with Crippen molar-refractivity contribution in [3.05, 3.63) is 23.8 Å². The molecule has 3 nitrogen and oxygen atoms in total. The third-order valence-electron chi connectivity index (χ3n) is 2.99. The number of rotatable bonds is 0. The average Bonchev–Trinajstić information content (AvgIpc) is 2.42. The van der Waals surface area contributed by atoms with E-state index in [9.17, 15) is 13.6 Å². The first-order chi connectivity index (χ1) is 8.30. The molecule has 1 aromatic rings. The number of hydrogen-bond donors (Lipinski definition) is 1. The van der Waals surface area contributed by atoms with Crippen molar-refractivity contribution in [3.8, 4) is 0 Å². The van der Waals surface area contributed by atoms with E-state index in [0.717, 1.165) is 6.07 Å². The number of benzene rings is 1. The van der Waals surface area contributed by atoms with Crippen molar-refractivity contribution in [2.75, 3.05) is 16.8 Å². The van der Waals surface area contributed by atoms with Gasteiger partial charge in [-0.3, -0.25) is 4.79 Å². The third-order valence-corrected chi connectivity index (χ3v) is 2.99. The third kappa shape index (κ3) is 2.17. The number of hydrogen-bond acceptors (Lipinski definition) is 2. The molecule has 0 fully saturated rings. The lowest BCUT2D eigenvalue weighted by molar-refractivity contribution is -0.116. The Labute approximate surface area is 105 Å². The molecule has 0 radical (unpaired) electrons. The first-order valence-corrected chi connectivity index (χ1v) is 5.86.